The number of hydrogen-bond acceptors (Lipinski definition) is 5. The number of imide groups is 1. The molecule has 2 aromatic rings. The summed E-state index contributed by atoms with van der Waals surface area (Å²) in [5.41, 5.74) is -0.0191. The maximum absolute atomic E-state index is 12.9. The molecule has 1 saturated heterocycles. The number of urea groups is 1. The molecule has 0 radical (unpaired) electrons. The van der Waals surface area contributed by atoms with E-state index in [1.54, 1.807) is 31.2 Å². The predicted molar refractivity (Wildman–Crippen MR) is 92.5 cm³/mol. The molecule has 1 heterocycles. The van der Waals surface area contributed by atoms with Crippen LogP contribution < -0.4 is 10.1 Å². The Morgan fingerprint density at radius 3 is 2.50 bits per heavy atom. The summed E-state index contributed by atoms with van der Waals surface area (Å²) in [6.45, 7) is 1.67. The van der Waals surface area contributed by atoms with E-state index >= 15 is 0 Å². The molecule has 134 valence electrons. The van der Waals surface area contributed by atoms with Gasteiger partial charge < -0.3 is 10.1 Å². The third-order valence-corrected chi connectivity index (χ3v) is 4.41. The third-order valence-electron chi connectivity index (χ3n) is 4.41. The van der Waals surface area contributed by atoms with E-state index in [9.17, 15) is 19.7 Å². The van der Waals surface area contributed by atoms with Crippen LogP contribution in [0.25, 0.3) is 0 Å². The van der Waals surface area contributed by atoms with Gasteiger partial charge in [0.25, 0.3) is 11.6 Å². The molecule has 8 heteroatoms. The van der Waals surface area contributed by atoms with Crippen LogP contribution in [0.15, 0.2) is 48.5 Å². The Bertz CT molecular complexity index is 881. The second-order valence-corrected chi connectivity index (χ2v) is 6.10. The minimum atomic E-state index is -1.20. The molecule has 0 aliphatic carbocycles. The zero-order chi connectivity index (χ0) is 18.9. The Labute approximate surface area is 149 Å². The van der Waals surface area contributed by atoms with Crippen molar-refractivity contribution < 1.29 is 19.2 Å². The summed E-state index contributed by atoms with van der Waals surface area (Å²) in [5, 5.41) is 13.4. The van der Waals surface area contributed by atoms with Crippen LogP contribution in [0.3, 0.4) is 0 Å². The van der Waals surface area contributed by atoms with Crippen LogP contribution >= 0.6 is 0 Å². The first-order chi connectivity index (χ1) is 12.3. The number of carbonyl (C=O) groups is 2. The van der Waals surface area contributed by atoms with Gasteiger partial charge in [-0.1, -0.05) is 24.3 Å². The Balaban J connectivity index is 1.85. The number of nitro groups is 1. The van der Waals surface area contributed by atoms with Crippen LogP contribution in [0.5, 0.6) is 5.75 Å². The van der Waals surface area contributed by atoms with Crippen molar-refractivity contribution in [3.63, 3.8) is 0 Å². The van der Waals surface area contributed by atoms with E-state index in [0.29, 0.717) is 16.9 Å². The van der Waals surface area contributed by atoms with E-state index in [2.05, 4.69) is 5.32 Å². The van der Waals surface area contributed by atoms with Crippen LogP contribution in [0, 0.1) is 10.1 Å². The van der Waals surface area contributed by atoms with E-state index in [4.69, 9.17) is 4.74 Å². The van der Waals surface area contributed by atoms with Gasteiger partial charge in [0.1, 0.15) is 11.3 Å². The summed E-state index contributed by atoms with van der Waals surface area (Å²) in [6, 6.07) is 12.2. The molecule has 0 spiro atoms. The van der Waals surface area contributed by atoms with Gasteiger partial charge >= 0.3 is 6.03 Å². The molecule has 8 nitrogen and oxygen atoms in total. The van der Waals surface area contributed by atoms with E-state index < -0.39 is 22.4 Å². The summed E-state index contributed by atoms with van der Waals surface area (Å²) >= 11 is 0. The van der Waals surface area contributed by atoms with Crippen LogP contribution in [0.1, 0.15) is 18.1 Å². The molecule has 1 aliphatic heterocycles. The van der Waals surface area contributed by atoms with Crippen molar-refractivity contribution in [3.05, 3.63) is 69.8 Å². The molecule has 0 unspecified atom stereocenters. The standard InChI is InChI=1S/C18H17N3O5/c1-18(13-4-3-5-15(10-13)26-2)16(22)20(17(23)19-18)11-12-6-8-14(9-7-12)21(24)25/h3-10H,11H2,1-2H3,(H,19,23)/t18-/m1/s1. The number of non-ortho nitro benzene ring substituents is 1. The lowest BCUT2D eigenvalue weighted by Gasteiger charge is -2.22. The number of nitrogens with zero attached hydrogens (tertiary/aromatic N) is 2. The Hall–Kier alpha value is -3.42. The summed E-state index contributed by atoms with van der Waals surface area (Å²) < 4.78 is 5.18. The van der Waals surface area contributed by atoms with Crippen LogP contribution in [0.4, 0.5) is 10.5 Å². The van der Waals surface area contributed by atoms with E-state index in [1.165, 1.54) is 31.4 Å². The van der Waals surface area contributed by atoms with Gasteiger partial charge in [0, 0.05) is 12.1 Å². The van der Waals surface area contributed by atoms with Crippen molar-refractivity contribution in [2.45, 2.75) is 19.0 Å². The number of nitro benzene ring substituents is 1. The zero-order valence-electron chi connectivity index (χ0n) is 14.3. The van der Waals surface area contributed by atoms with Gasteiger partial charge in [0.2, 0.25) is 0 Å². The normalized spacial score (nSPS) is 19.4. The zero-order valence-corrected chi connectivity index (χ0v) is 14.3. The Morgan fingerprint density at radius 1 is 1.19 bits per heavy atom. The molecule has 26 heavy (non-hydrogen) atoms. The minimum absolute atomic E-state index is 0.0300. The van der Waals surface area contributed by atoms with Crippen molar-refractivity contribution in [2.24, 2.45) is 0 Å². The highest BCUT2D eigenvalue weighted by Gasteiger charge is 2.49. The first-order valence-electron chi connectivity index (χ1n) is 7.87. The second-order valence-electron chi connectivity index (χ2n) is 6.10. The Morgan fingerprint density at radius 2 is 1.88 bits per heavy atom. The van der Waals surface area contributed by atoms with E-state index in [-0.39, 0.29) is 12.2 Å². The van der Waals surface area contributed by atoms with E-state index in [1.807, 2.05) is 0 Å². The molecule has 1 aliphatic rings. The molecule has 0 saturated carbocycles. The number of ether oxygens (including phenoxy) is 1. The fraction of sp³-hybridized carbons (Fsp3) is 0.222. The number of methoxy groups -OCH3 is 1. The minimum Gasteiger partial charge on any atom is -0.497 e. The van der Waals surface area contributed by atoms with Gasteiger partial charge in [-0.2, -0.15) is 0 Å². The van der Waals surface area contributed by atoms with Gasteiger partial charge in [-0.3, -0.25) is 19.8 Å². The SMILES string of the molecule is COc1cccc([C@@]2(C)NC(=O)N(Cc3ccc([N+](=O)[O-])cc3)C2=O)c1. The summed E-state index contributed by atoms with van der Waals surface area (Å²) in [4.78, 5) is 36.6. The molecule has 0 bridgehead atoms. The molecular formula is C18H17N3O5. The summed E-state index contributed by atoms with van der Waals surface area (Å²) in [6.07, 6.45) is 0. The average Bonchev–Trinajstić information content (AvgIpc) is 2.86. The van der Waals surface area contributed by atoms with Gasteiger partial charge in [-0.25, -0.2) is 4.79 Å². The number of carbonyl (C=O) groups excluding carboxylic acids is 2. The smallest absolute Gasteiger partial charge is 0.325 e. The highest BCUT2D eigenvalue weighted by Crippen LogP contribution is 2.31. The second kappa shape index (κ2) is 6.47. The molecule has 2 aromatic carbocycles. The number of amides is 3. The first-order valence-corrected chi connectivity index (χ1v) is 7.87. The third kappa shape index (κ3) is 2.97. The van der Waals surface area contributed by atoms with Crippen molar-refractivity contribution >= 4 is 17.6 Å². The highest BCUT2D eigenvalue weighted by molar-refractivity contribution is 6.07. The largest absolute Gasteiger partial charge is 0.497 e. The number of hydrogen-bond donors (Lipinski definition) is 1. The molecule has 1 fully saturated rings. The molecule has 3 rings (SSSR count). The first kappa shape index (κ1) is 17.4. The van der Waals surface area contributed by atoms with E-state index in [0.717, 1.165) is 4.90 Å². The fourth-order valence-corrected chi connectivity index (χ4v) is 2.88. The number of nitrogens with one attached hydrogen (secondary N) is 1. The van der Waals surface area contributed by atoms with Gasteiger partial charge in [-0.15, -0.1) is 0 Å². The van der Waals surface area contributed by atoms with Crippen LogP contribution in [-0.4, -0.2) is 28.9 Å². The van der Waals surface area contributed by atoms with Gasteiger partial charge in [0.05, 0.1) is 18.6 Å². The van der Waals surface area contributed by atoms with Crippen molar-refractivity contribution in [3.8, 4) is 5.75 Å². The quantitative estimate of drug-likeness (QED) is 0.504. The molecule has 0 aromatic heterocycles. The molecular weight excluding hydrogens is 338 g/mol. The molecule has 1 atom stereocenters. The van der Waals surface area contributed by atoms with Gasteiger partial charge in [0.15, 0.2) is 0 Å². The number of benzene rings is 2. The predicted octanol–water partition coefficient (Wildman–Crippen LogP) is 2.57. The maximum atomic E-state index is 12.9. The number of rotatable bonds is 5. The monoisotopic (exact) mass is 355 g/mol. The lowest BCUT2D eigenvalue weighted by molar-refractivity contribution is -0.384. The van der Waals surface area contributed by atoms with Crippen LogP contribution in [0.2, 0.25) is 0 Å². The molecule has 3 amide bonds. The Kier molecular flexibility index (Phi) is 4.33. The summed E-state index contributed by atoms with van der Waals surface area (Å²) in [7, 11) is 1.53. The van der Waals surface area contributed by atoms with Crippen molar-refractivity contribution in [1.82, 2.24) is 10.2 Å². The summed E-state index contributed by atoms with van der Waals surface area (Å²) in [5.74, 6) is 0.189. The van der Waals surface area contributed by atoms with Crippen molar-refractivity contribution in [2.75, 3.05) is 7.11 Å². The maximum Gasteiger partial charge on any atom is 0.325 e. The average molecular weight is 355 g/mol. The highest BCUT2D eigenvalue weighted by atomic mass is 16.6. The fourth-order valence-electron chi connectivity index (χ4n) is 2.88. The lowest BCUT2D eigenvalue weighted by atomic mass is 9.92. The lowest BCUT2D eigenvalue weighted by Crippen LogP contribution is -2.40. The van der Waals surface area contributed by atoms with Crippen molar-refractivity contribution in [1.29, 1.82) is 0 Å². The van der Waals surface area contributed by atoms with Gasteiger partial charge in [-0.05, 0) is 30.2 Å². The molecule has 1 N–H and O–H groups in total. The van der Waals surface area contributed by atoms with Crippen LogP contribution in [-0.2, 0) is 16.9 Å². The topological polar surface area (TPSA) is 102 Å².